The van der Waals surface area contributed by atoms with E-state index in [0.717, 1.165) is 6.42 Å². The lowest BCUT2D eigenvalue weighted by Gasteiger charge is -2.45. The maximum absolute atomic E-state index is 12.9. The van der Waals surface area contributed by atoms with Gasteiger partial charge in [-0.3, -0.25) is 9.59 Å². The van der Waals surface area contributed by atoms with Crippen molar-refractivity contribution in [3.05, 3.63) is 0 Å². The highest BCUT2D eigenvalue weighted by molar-refractivity contribution is 5.76. The summed E-state index contributed by atoms with van der Waals surface area (Å²) in [6, 6.07) is 0. The fraction of sp³-hybridized carbons (Fsp3) is 0.920. The largest absolute Gasteiger partial charge is 0.462 e. The van der Waals surface area contributed by atoms with Crippen LogP contribution >= 0.6 is 0 Å². The molecule has 0 aromatic rings. The summed E-state index contributed by atoms with van der Waals surface area (Å²) >= 11 is 0. The van der Waals surface area contributed by atoms with Crippen molar-refractivity contribution in [2.75, 3.05) is 6.61 Å². The van der Waals surface area contributed by atoms with E-state index in [2.05, 4.69) is 6.92 Å². The second-order valence-electron chi connectivity index (χ2n) is 10.9. The second kappa shape index (κ2) is 11.8. The van der Waals surface area contributed by atoms with Gasteiger partial charge in [-0.1, -0.05) is 20.8 Å². The molecule has 1 saturated heterocycles. The van der Waals surface area contributed by atoms with Gasteiger partial charge in [0, 0.05) is 18.9 Å². The standard InChI is InChI=1S/C25H44O7/c1-6-25(4,5)24(30)32-21(11-15(2)14-26)23-19(16(3)7-10-20(23)28)9-8-18-12-17(27)13-22(29)31-18/h15-21,23,26-28H,6-14H2,1-5H3/t15-,16+,17-,18-,19+,20-,21+,23?/m1/s1. The molecule has 7 nitrogen and oxygen atoms in total. The summed E-state index contributed by atoms with van der Waals surface area (Å²) in [4.78, 5) is 24.7. The summed E-state index contributed by atoms with van der Waals surface area (Å²) in [6.45, 7) is 9.75. The molecule has 0 radical (unpaired) electrons. The molecular formula is C25H44O7. The monoisotopic (exact) mass is 456 g/mol. The molecule has 0 bridgehead atoms. The van der Waals surface area contributed by atoms with Crippen molar-refractivity contribution in [3.8, 4) is 0 Å². The van der Waals surface area contributed by atoms with E-state index in [0.29, 0.717) is 44.4 Å². The van der Waals surface area contributed by atoms with Gasteiger partial charge in [0.2, 0.25) is 0 Å². The van der Waals surface area contributed by atoms with Crippen molar-refractivity contribution in [1.29, 1.82) is 0 Å². The van der Waals surface area contributed by atoms with Crippen molar-refractivity contribution in [1.82, 2.24) is 0 Å². The zero-order valence-corrected chi connectivity index (χ0v) is 20.5. The van der Waals surface area contributed by atoms with Crippen LogP contribution in [0.3, 0.4) is 0 Å². The van der Waals surface area contributed by atoms with E-state index >= 15 is 0 Å². The van der Waals surface area contributed by atoms with Crippen LogP contribution in [0.4, 0.5) is 0 Å². The molecular weight excluding hydrogens is 412 g/mol. The fourth-order valence-corrected chi connectivity index (χ4v) is 5.12. The predicted octanol–water partition coefficient (Wildman–Crippen LogP) is 3.22. The third kappa shape index (κ3) is 7.16. The maximum Gasteiger partial charge on any atom is 0.311 e. The second-order valence-corrected chi connectivity index (χ2v) is 10.9. The van der Waals surface area contributed by atoms with Gasteiger partial charge in [0.25, 0.3) is 0 Å². The van der Waals surface area contributed by atoms with E-state index in [-0.39, 0.29) is 48.8 Å². The zero-order chi connectivity index (χ0) is 24.1. The Morgan fingerprint density at radius 3 is 2.53 bits per heavy atom. The Morgan fingerprint density at radius 1 is 1.25 bits per heavy atom. The number of rotatable bonds is 10. The maximum atomic E-state index is 12.9. The molecule has 2 aliphatic rings. The molecule has 2 fully saturated rings. The Balaban J connectivity index is 2.21. The molecule has 32 heavy (non-hydrogen) atoms. The van der Waals surface area contributed by atoms with E-state index < -0.39 is 23.7 Å². The third-order valence-corrected chi connectivity index (χ3v) is 7.72. The van der Waals surface area contributed by atoms with Gasteiger partial charge in [-0.25, -0.2) is 0 Å². The van der Waals surface area contributed by atoms with Crippen LogP contribution in [0.25, 0.3) is 0 Å². The minimum absolute atomic E-state index is 0.00975. The zero-order valence-electron chi connectivity index (χ0n) is 20.5. The molecule has 2 rings (SSSR count). The summed E-state index contributed by atoms with van der Waals surface area (Å²) < 4.78 is 11.5. The number of carbonyl (C=O) groups is 2. The summed E-state index contributed by atoms with van der Waals surface area (Å²) in [7, 11) is 0. The number of hydrogen-bond acceptors (Lipinski definition) is 7. The normalized spacial score (nSPS) is 33.3. The van der Waals surface area contributed by atoms with Crippen molar-refractivity contribution in [3.63, 3.8) is 0 Å². The van der Waals surface area contributed by atoms with Gasteiger partial charge in [-0.2, -0.15) is 0 Å². The third-order valence-electron chi connectivity index (χ3n) is 7.72. The molecule has 3 N–H and O–H groups in total. The first-order valence-corrected chi connectivity index (χ1v) is 12.4. The minimum Gasteiger partial charge on any atom is -0.462 e. The molecule has 1 aliphatic carbocycles. The molecule has 0 aromatic carbocycles. The Kier molecular flexibility index (Phi) is 9.98. The van der Waals surface area contributed by atoms with Crippen molar-refractivity contribution >= 4 is 11.9 Å². The van der Waals surface area contributed by atoms with Gasteiger partial charge >= 0.3 is 11.9 Å². The van der Waals surface area contributed by atoms with Crippen LogP contribution in [0, 0.1) is 29.1 Å². The van der Waals surface area contributed by atoms with Crippen LogP contribution in [0.15, 0.2) is 0 Å². The van der Waals surface area contributed by atoms with Crippen LogP contribution in [0.5, 0.6) is 0 Å². The molecule has 7 heteroatoms. The number of aliphatic hydroxyl groups excluding tert-OH is 3. The molecule has 8 atom stereocenters. The van der Waals surface area contributed by atoms with Gasteiger partial charge in [-0.15, -0.1) is 0 Å². The Labute approximate surface area is 192 Å². The van der Waals surface area contributed by atoms with E-state index in [1.807, 2.05) is 27.7 Å². The summed E-state index contributed by atoms with van der Waals surface area (Å²) in [5.41, 5.74) is -0.617. The highest BCUT2D eigenvalue weighted by Gasteiger charge is 2.44. The molecule has 0 aromatic heterocycles. The number of aliphatic hydroxyl groups is 3. The van der Waals surface area contributed by atoms with E-state index in [4.69, 9.17) is 9.47 Å². The number of cyclic esters (lactones) is 1. The van der Waals surface area contributed by atoms with E-state index in [1.165, 1.54) is 0 Å². The summed E-state index contributed by atoms with van der Waals surface area (Å²) in [5.74, 6) is -0.538. The number of ether oxygens (including phenoxy) is 2. The van der Waals surface area contributed by atoms with Gasteiger partial charge in [0.05, 0.1) is 24.0 Å². The number of esters is 2. The Bertz CT molecular complexity index is 619. The lowest BCUT2D eigenvalue weighted by atomic mass is 9.66. The lowest BCUT2D eigenvalue weighted by molar-refractivity contribution is -0.173. The van der Waals surface area contributed by atoms with Gasteiger partial charge in [0.15, 0.2) is 0 Å². The molecule has 1 aliphatic heterocycles. The molecule has 0 spiro atoms. The van der Waals surface area contributed by atoms with Crippen LogP contribution in [0.1, 0.15) is 86.0 Å². The summed E-state index contributed by atoms with van der Waals surface area (Å²) in [5, 5.41) is 30.6. The van der Waals surface area contributed by atoms with Crippen molar-refractivity contribution in [2.45, 2.75) is 110 Å². The molecule has 1 unspecified atom stereocenters. The van der Waals surface area contributed by atoms with E-state index in [1.54, 1.807) is 0 Å². The lowest BCUT2D eigenvalue weighted by Crippen LogP contribution is -2.47. The Hall–Kier alpha value is -1.18. The van der Waals surface area contributed by atoms with Gasteiger partial charge < -0.3 is 24.8 Å². The SMILES string of the molecule is CCC(C)(C)C(=O)O[C@@H](C[C@@H](C)CO)C1[C@H](O)CC[C@H](C)[C@@H]1CC[C@@H]1C[C@@H](O)CC(=O)O1. The first kappa shape index (κ1) is 27.1. The van der Waals surface area contributed by atoms with Gasteiger partial charge in [0.1, 0.15) is 12.2 Å². The first-order chi connectivity index (χ1) is 15.0. The van der Waals surface area contributed by atoms with Crippen LogP contribution in [0.2, 0.25) is 0 Å². The van der Waals surface area contributed by atoms with Crippen molar-refractivity contribution < 1.29 is 34.4 Å². The Morgan fingerprint density at radius 2 is 1.94 bits per heavy atom. The highest BCUT2D eigenvalue weighted by atomic mass is 16.6. The fourth-order valence-electron chi connectivity index (χ4n) is 5.12. The average Bonchev–Trinajstić information content (AvgIpc) is 2.72. The first-order valence-electron chi connectivity index (χ1n) is 12.4. The molecule has 1 saturated carbocycles. The van der Waals surface area contributed by atoms with Gasteiger partial charge in [-0.05, 0) is 70.1 Å². The number of hydrogen-bond donors (Lipinski definition) is 3. The quantitative estimate of drug-likeness (QED) is 0.433. The number of carbonyl (C=O) groups excluding carboxylic acids is 2. The topological polar surface area (TPSA) is 113 Å². The van der Waals surface area contributed by atoms with Crippen LogP contribution in [-0.2, 0) is 19.1 Å². The van der Waals surface area contributed by atoms with Crippen molar-refractivity contribution in [2.24, 2.45) is 29.1 Å². The van der Waals surface area contributed by atoms with Crippen LogP contribution in [-0.4, -0.2) is 58.3 Å². The average molecular weight is 457 g/mol. The van der Waals surface area contributed by atoms with Crippen LogP contribution < -0.4 is 0 Å². The molecule has 186 valence electrons. The van der Waals surface area contributed by atoms with E-state index in [9.17, 15) is 24.9 Å². The smallest absolute Gasteiger partial charge is 0.311 e. The molecule has 0 amide bonds. The molecule has 1 heterocycles. The minimum atomic E-state index is -0.665. The predicted molar refractivity (Wildman–Crippen MR) is 121 cm³/mol. The highest BCUT2D eigenvalue weighted by Crippen LogP contribution is 2.43. The summed E-state index contributed by atoms with van der Waals surface area (Å²) in [6.07, 6.45) is 2.40.